The Morgan fingerprint density at radius 3 is 2.93 bits per heavy atom. The summed E-state index contributed by atoms with van der Waals surface area (Å²) in [5.74, 6) is 1.95. The molecule has 1 aliphatic heterocycles. The lowest BCUT2D eigenvalue weighted by Gasteiger charge is -2.15. The standard InChI is InChI=1S/C12H15NS/c13-12(5-6-12)7-9-8-14-11-4-2-1-3-10(9)11/h1-4,9H,5-8,13H2. The smallest absolute Gasteiger partial charge is 0.0161 e. The zero-order chi connectivity index (χ0) is 9.60. The summed E-state index contributed by atoms with van der Waals surface area (Å²) in [6.07, 6.45) is 3.66. The van der Waals surface area contributed by atoms with Crippen LogP contribution in [-0.4, -0.2) is 11.3 Å². The monoisotopic (exact) mass is 205 g/mol. The Bertz CT molecular complexity index is 357. The Kier molecular flexibility index (Phi) is 1.89. The Morgan fingerprint density at radius 2 is 2.14 bits per heavy atom. The summed E-state index contributed by atoms with van der Waals surface area (Å²) in [6.45, 7) is 0. The van der Waals surface area contributed by atoms with Gasteiger partial charge in [-0.3, -0.25) is 0 Å². The molecule has 1 aromatic carbocycles. The third-order valence-corrected chi connectivity index (χ3v) is 4.60. The van der Waals surface area contributed by atoms with Crippen molar-refractivity contribution in [2.75, 3.05) is 5.75 Å². The number of benzene rings is 1. The van der Waals surface area contributed by atoms with E-state index in [9.17, 15) is 0 Å². The van der Waals surface area contributed by atoms with Gasteiger partial charge in [0.1, 0.15) is 0 Å². The largest absolute Gasteiger partial charge is 0.325 e. The second-order valence-corrected chi connectivity index (χ2v) is 5.67. The minimum atomic E-state index is 0.197. The van der Waals surface area contributed by atoms with Gasteiger partial charge in [0.25, 0.3) is 0 Å². The van der Waals surface area contributed by atoms with Crippen LogP contribution in [0, 0.1) is 0 Å². The molecule has 1 fully saturated rings. The average molecular weight is 205 g/mol. The molecule has 74 valence electrons. The molecule has 2 heteroatoms. The van der Waals surface area contributed by atoms with E-state index in [1.807, 2.05) is 11.8 Å². The summed E-state index contributed by atoms with van der Waals surface area (Å²) >= 11 is 1.99. The highest BCUT2D eigenvalue weighted by Crippen LogP contribution is 2.47. The van der Waals surface area contributed by atoms with Crippen molar-refractivity contribution in [3.05, 3.63) is 29.8 Å². The Morgan fingerprint density at radius 1 is 1.36 bits per heavy atom. The molecule has 14 heavy (non-hydrogen) atoms. The molecule has 0 amide bonds. The molecule has 2 aliphatic rings. The number of rotatable bonds is 2. The van der Waals surface area contributed by atoms with Gasteiger partial charge in [0.2, 0.25) is 0 Å². The predicted molar refractivity (Wildman–Crippen MR) is 60.7 cm³/mol. The molecule has 1 heterocycles. The highest BCUT2D eigenvalue weighted by atomic mass is 32.2. The van der Waals surface area contributed by atoms with Crippen LogP contribution in [0.15, 0.2) is 29.2 Å². The summed E-state index contributed by atoms with van der Waals surface area (Å²) in [7, 11) is 0. The predicted octanol–water partition coefficient (Wildman–Crippen LogP) is 2.76. The van der Waals surface area contributed by atoms with Gasteiger partial charge in [-0.05, 0) is 36.8 Å². The van der Waals surface area contributed by atoms with E-state index >= 15 is 0 Å². The van der Waals surface area contributed by atoms with E-state index in [0.717, 1.165) is 0 Å². The average Bonchev–Trinajstić information content (AvgIpc) is 2.77. The third-order valence-electron chi connectivity index (χ3n) is 3.34. The molecule has 1 unspecified atom stereocenters. The topological polar surface area (TPSA) is 26.0 Å². The maximum atomic E-state index is 6.17. The normalized spacial score (nSPS) is 27.4. The SMILES string of the molecule is NC1(CC2CSc3ccccc32)CC1. The fourth-order valence-corrected chi connectivity index (χ4v) is 3.51. The van der Waals surface area contributed by atoms with Crippen LogP contribution in [0.4, 0.5) is 0 Å². The first-order chi connectivity index (χ1) is 6.77. The Labute approximate surface area is 89.1 Å². The van der Waals surface area contributed by atoms with E-state index in [-0.39, 0.29) is 5.54 Å². The maximum absolute atomic E-state index is 6.17. The van der Waals surface area contributed by atoms with Gasteiger partial charge in [0.05, 0.1) is 0 Å². The molecular formula is C12H15NS. The van der Waals surface area contributed by atoms with E-state index in [4.69, 9.17) is 5.73 Å². The first kappa shape index (κ1) is 8.81. The molecule has 0 aromatic heterocycles. The fraction of sp³-hybridized carbons (Fsp3) is 0.500. The summed E-state index contributed by atoms with van der Waals surface area (Å²) in [6, 6.07) is 8.78. The highest BCUT2D eigenvalue weighted by molar-refractivity contribution is 7.99. The van der Waals surface area contributed by atoms with E-state index in [0.29, 0.717) is 5.92 Å². The lowest BCUT2D eigenvalue weighted by Crippen LogP contribution is -2.24. The minimum Gasteiger partial charge on any atom is -0.325 e. The van der Waals surface area contributed by atoms with Crippen molar-refractivity contribution in [3.8, 4) is 0 Å². The second-order valence-electron chi connectivity index (χ2n) is 4.61. The second kappa shape index (κ2) is 3.01. The van der Waals surface area contributed by atoms with Crippen LogP contribution in [0.5, 0.6) is 0 Å². The van der Waals surface area contributed by atoms with Gasteiger partial charge in [-0.1, -0.05) is 18.2 Å². The van der Waals surface area contributed by atoms with Crippen molar-refractivity contribution in [2.24, 2.45) is 5.73 Å². The van der Waals surface area contributed by atoms with Gasteiger partial charge >= 0.3 is 0 Å². The molecule has 1 aliphatic carbocycles. The molecule has 0 bridgehead atoms. The highest BCUT2D eigenvalue weighted by Gasteiger charge is 2.41. The summed E-state index contributed by atoms with van der Waals surface area (Å²) in [4.78, 5) is 1.47. The number of hydrogen-bond acceptors (Lipinski definition) is 2. The summed E-state index contributed by atoms with van der Waals surface area (Å²) in [5.41, 5.74) is 7.91. The van der Waals surface area contributed by atoms with E-state index in [1.54, 1.807) is 0 Å². The van der Waals surface area contributed by atoms with Crippen molar-refractivity contribution in [1.82, 2.24) is 0 Å². The summed E-state index contributed by atoms with van der Waals surface area (Å²) < 4.78 is 0. The molecule has 1 nitrogen and oxygen atoms in total. The molecule has 1 atom stereocenters. The number of hydrogen-bond donors (Lipinski definition) is 1. The fourth-order valence-electron chi connectivity index (χ4n) is 2.25. The quantitative estimate of drug-likeness (QED) is 0.803. The van der Waals surface area contributed by atoms with Gasteiger partial charge in [-0.25, -0.2) is 0 Å². The molecule has 1 saturated carbocycles. The van der Waals surface area contributed by atoms with Crippen LogP contribution < -0.4 is 5.73 Å². The van der Waals surface area contributed by atoms with Gasteiger partial charge < -0.3 is 5.73 Å². The van der Waals surface area contributed by atoms with Crippen molar-refractivity contribution >= 4 is 11.8 Å². The lowest BCUT2D eigenvalue weighted by molar-refractivity contribution is 0.548. The number of fused-ring (bicyclic) bond motifs is 1. The zero-order valence-corrected chi connectivity index (χ0v) is 9.02. The first-order valence-electron chi connectivity index (χ1n) is 5.27. The molecule has 0 saturated heterocycles. The molecule has 3 rings (SSSR count). The van der Waals surface area contributed by atoms with Crippen molar-refractivity contribution < 1.29 is 0 Å². The summed E-state index contributed by atoms with van der Waals surface area (Å²) in [5, 5.41) is 0. The van der Waals surface area contributed by atoms with Crippen LogP contribution >= 0.6 is 11.8 Å². The number of nitrogens with two attached hydrogens (primary N) is 1. The van der Waals surface area contributed by atoms with Crippen molar-refractivity contribution in [3.63, 3.8) is 0 Å². The van der Waals surface area contributed by atoms with Crippen molar-refractivity contribution in [2.45, 2.75) is 35.6 Å². The maximum Gasteiger partial charge on any atom is 0.0161 e. The van der Waals surface area contributed by atoms with E-state index < -0.39 is 0 Å². The molecule has 0 radical (unpaired) electrons. The molecular weight excluding hydrogens is 190 g/mol. The van der Waals surface area contributed by atoms with Gasteiger partial charge in [0.15, 0.2) is 0 Å². The lowest BCUT2D eigenvalue weighted by atomic mass is 9.93. The molecule has 1 aromatic rings. The van der Waals surface area contributed by atoms with Gasteiger partial charge in [-0.2, -0.15) is 0 Å². The molecule has 0 spiro atoms. The van der Waals surface area contributed by atoms with Gasteiger partial charge in [0, 0.05) is 16.2 Å². The van der Waals surface area contributed by atoms with E-state index in [1.165, 1.54) is 35.5 Å². The van der Waals surface area contributed by atoms with E-state index in [2.05, 4.69) is 24.3 Å². The number of thioether (sulfide) groups is 1. The minimum absolute atomic E-state index is 0.197. The van der Waals surface area contributed by atoms with Crippen LogP contribution in [0.25, 0.3) is 0 Å². The van der Waals surface area contributed by atoms with Crippen LogP contribution in [0.2, 0.25) is 0 Å². The van der Waals surface area contributed by atoms with Crippen molar-refractivity contribution in [1.29, 1.82) is 0 Å². The molecule has 2 N–H and O–H groups in total. The van der Waals surface area contributed by atoms with Gasteiger partial charge in [-0.15, -0.1) is 11.8 Å². The third kappa shape index (κ3) is 1.47. The Balaban J connectivity index is 1.83. The van der Waals surface area contributed by atoms with Crippen LogP contribution in [0.3, 0.4) is 0 Å². The van der Waals surface area contributed by atoms with Crippen LogP contribution in [0.1, 0.15) is 30.7 Å². The van der Waals surface area contributed by atoms with Crippen LogP contribution in [-0.2, 0) is 0 Å². The zero-order valence-electron chi connectivity index (χ0n) is 8.20. The Hall–Kier alpha value is -0.470. The first-order valence-corrected chi connectivity index (χ1v) is 6.26.